The van der Waals surface area contributed by atoms with Gasteiger partial charge in [0.25, 0.3) is 0 Å². The maximum absolute atomic E-state index is 14.2. The van der Waals surface area contributed by atoms with E-state index in [0.29, 0.717) is 53.1 Å². The number of fused-ring (bicyclic) bond motifs is 1. The van der Waals surface area contributed by atoms with Crippen molar-refractivity contribution in [2.24, 2.45) is 0 Å². The van der Waals surface area contributed by atoms with Gasteiger partial charge in [-0.2, -0.15) is 5.10 Å². The predicted molar refractivity (Wildman–Crippen MR) is 121 cm³/mol. The third-order valence-electron chi connectivity index (χ3n) is 5.34. The summed E-state index contributed by atoms with van der Waals surface area (Å²) in [5, 5.41) is 9.89. The quantitative estimate of drug-likeness (QED) is 0.677. The molecule has 0 radical (unpaired) electrons. The number of ether oxygens (including phenoxy) is 1. The highest BCUT2D eigenvalue weighted by molar-refractivity contribution is 5.91. The molecule has 0 saturated carbocycles. The van der Waals surface area contributed by atoms with Gasteiger partial charge in [0, 0.05) is 18.5 Å². The lowest BCUT2D eigenvalue weighted by Crippen LogP contribution is -2.42. The number of aldehydes is 1. The number of hydrogen-bond donors (Lipinski definition) is 2. The molecule has 0 aliphatic carbocycles. The van der Waals surface area contributed by atoms with Gasteiger partial charge in [-0.25, -0.2) is 18.7 Å². The number of urea groups is 1. The Kier molecular flexibility index (Phi) is 6.76. The van der Waals surface area contributed by atoms with Crippen LogP contribution in [0.1, 0.15) is 56.1 Å². The average Bonchev–Trinajstić information content (AvgIpc) is 3.08. The standard InChI is InChI=1S/C23H30FN5O4/c1-13-11-16(12-14(2)19(13)24)29-20(26-21(31)25-8-10-30)18-15(3)28(9-7-17(18)27-29)22(32)33-23(4,5)6/h10-12,15H,7-9H2,1-6H3,(H2,25,26,31)/t15-/m0/s1. The molecule has 178 valence electrons. The zero-order valence-corrected chi connectivity index (χ0v) is 19.8. The topological polar surface area (TPSA) is 106 Å². The minimum atomic E-state index is -0.653. The summed E-state index contributed by atoms with van der Waals surface area (Å²) in [4.78, 5) is 37.5. The van der Waals surface area contributed by atoms with Crippen molar-refractivity contribution in [1.82, 2.24) is 20.0 Å². The van der Waals surface area contributed by atoms with E-state index in [9.17, 15) is 18.8 Å². The minimum Gasteiger partial charge on any atom is -0.444 e. The Morgan fingerprint density at radius 1 is 1.27 bits per heavy atom. The summed E-state index contributed by atoms with van der Waals surface area (Å²) >= 11 is 0. The normalized spacial score (nSPS) is 15.6. The van der Waals surface area contributed by atoms with Gasteiger partial charge >= 0.3 is 12.1 Å². The fourth-order valence-corrected chi connectivity index (χ4v) is 3.88. The number of amides is 3. The van der Waals surface area contributed by atoms with Gasteiger partial charge in [0.1, 0.15) is 23.5 Å². The van der Waals surface area contributed by atoms with Gasteiger partial charge in [0.2, 0.25) is 0 Å². The smallest absolute Gasteiger partial charge is 0.410 e. The monoisotopic (exact) mass is 459 g/mol. The minimum absolute atomic E-state index is 0.156. The van der Waals surface area contributed by atoms with E-state index in [0.717, 1.165) is 0 Å². The first-order valence-electron chi connectivity index (χ1n) is 10.8. The number of rotatable bonds is 4. The number of halogens is 1. The van der Waals surface area contributed by atoms with E-state index < -0.39 is 23.8 Å². The number of hydrogen-bond acceptors (Lipinski definition) is 5. The molecule has 1 atom stereocenters. The van der Waals surface area contributed by atoms with Crippen LogP contribution in [0.25, 0.3) is 5.69 Å². The van der Waals surface area contributed by atoms with E-state index in [2.05, 4.69) is 15.7 Å². The first kappa shape index (κ1) is 24.2. The second kappa shape index (κ2) is 9.21. The number of aryl methyl sites for hydroxylation is 2. The number of anilines is 1. The number of carbonyl (C=O) groups is 3. The van der Waals surface area contributed by atoms with Crippen LogP contribution < -0.4 is 10.6 Å². The molecule has 1 aromatic heterocycles. The molecule has 10 heteroatoms. The van der Waals surface area contributed by atoms with Gasteiger partial charge < -0.3 is 19.7 Å². The Morgan fingerprint density at radius 3 is 2.48 bits per heavy atom. The van der Waals surface area contributed by atoms with Crippen molar-refractivity contribution in [2.75, 3.05) is 18.4 Å². The van der Waals surface area contributed by atoms with Crippen molar-refractivity contribution < 1.29 is 23.5 Å². The highest BCUT2D eigenvalue weighted by atomic mass is 19.1. The summed E-state index contributed by atoms with van der Waals surface area (Å²) in [6, 6.07) is 2.25. The van der Waals surface area contributed by atoms with Crippen LogP contribution in [0.15, 0.2) is 12.1 Å². The van der Waals surface area contributed by atoms with Crippen LogP contribution in [-0.2, 0) is 16.0 Å². The van der Waals surface area contributed by atoms with Crippen molar-refractivity contribution >= 4 is 24.2 Å². The first-order chi connectivity index (χ1) is 15.4. The van der Waals surface area contributed by atoms with Gasteiger partial charge in [0.05, 0.1) is 24.0 Å². The zero-order valence-electron chi connectivity index (χ0n) is 19.8. The maximum atomic E-state index is 14.2. The molecular formula is C23H30FN5O4. The van der Waals surface area contributed by atoms with Crippen LogP contribution in [-0.4, -0.2) is 51.8 Å². The predicted octanol–water partition coefficient (Wildman–Crippen LogP) is 3.80. The molecule has 0 fully saturated rings. The molecule has 2 N–H and O–H groups in total. The molecule has 1 aliphatic heterocycles. The van der Waals surface area contributed by atoms with Crippen molar-refractivity contribution in [3.63, 3.8) is 0 Å². The molecule has 1 aliphatic rings. The lowest BCUT2D eigenvalue weighted by Gasteiger charge is -2.34. The van der Waals surface area contributed by atoms with Crippen LogP contribution in [0.4, 0.5) is 19.8 Å². The van der Waals surface area contributed by atoms with Gasteiger partial charge in [-0.15, -0.1) is 0 Å². The number of aromatic nitrogens is 2. The van der Waals surface area contributed by atoms with E-state index in [4.69, 9.17) is 4.74 Å². The lowest BCUT2D eigenvalue weighted by atomic mass is 10.00. The maximum Gasteiger partial charge on any atom is 0.410 e. The Bertz CT molecular complexity index is 1070. The Hall–Kier alpha value is -3.43. The molecule has 33 heavy (non-hydrogen) atoms. The van der Waals surface area contributed by atoms with Crippen molar-refractivity contribution in [1.29, 1.82) is 0 Å². The van der Waals surface area contributed by atoms with Crippen molar-refractivity contribution in [2.45, 2.75) is 59.6 Å². The molecule has 1 aromatic carbocycles. The van der Waals surface area contributed by atoms with E-state index in [1.165, 1.54) is 0 Å². The first-order valence-corrected chi connectivity index (χ1v) is 10.8. The third-order valence-corrected chi connectivity index (χ3v) is 5.34. The molecule has 3 rings (SSSR count). The zero-order chi connectivity index (χ0) is 24.5. The SMILES string of the molecule is Cc1cc(-n2nc3c(c2NC(=O)NCC=O)[C@H](C)N(C(=O)OC(C)(C)C)CC3)cc(C)c1F. The molecule has 3 amide bonds. The Morgan fingerprint density at radius 2 is 1.91 bits per heavy atom. The number of benzene rings is 1. The van der Waals surface area contributed by atoms with Crippen LogP contribution in [0.3, 0.4) is 0 Å². The highest BCUT2D eigenvalue weighted by Crippen LogP contribution is 2.37. The van der Waals surface area contributed by atoms with Crippen LogP contribution >= 0.6 is 0 Å². The molecular weight excluding hydrogens is 429 g/mol. The largest absolute Gasteiger partial charge is 0.444 e. The van der Waals surface area contributed by atoms with Gasteiger partial charge in [-0.05, 0) is 64.8 Å². The molecule has 2 heterocycles. The van der Waals surface area contributed by atoms with Crippen LogP contribution in [0.5, 0.6) is 0 Å². The summed E-state index contributed by atoms with van der Waals surface area (Å²) < 4.78 is 21.3. The lowest BCUT2D eigenvalue weighted by molar-refractivity contribution is -0.107. The fraction of sp³-hybridized carbons (Fsp3) is 0.478. The Labute approximate surface area is 192 Å². The molecule has 9 nitrogen and oxygen atoms in total. The second-order valence-corrected chi connectivity index (χ2v) is 9.12. The van der Waals surface area contributed by atoms with E-state index in [1.807, 2.05) is 6.92 Å². The van der Waals surface area contributed by atoms with E-state index >= 15 is 0 Å². The summed E-state index contributed by atoms with van der Waals surface area (Å²) in [5.74, 6) is 0.0398. The Balaban J connectivity index is 2.08. The molecule has 0 saturated heterocycles. The summed E-state index contributed by atoms with van der Waals surface area (Å²) in [6.07, 6.45) is 0.569. The molecule has 2 aromatic rings. The average molecular weight is 460 g/mol. The molecule has 0 unspecified atom stereocenters. The van der Waals surface area contributed by atoms with Crippen molar-refractivity contribution in [3.8, 4) is 5.69 Å². The summed E-state index contributed by atoms with van der Waals surface area (Å²) in [7, 11) is 0. The fourth-order valence-electron chi connectivity index (χ4n) is 3.88. The van der Waals surface area contributed by atoms with Crippen molar-refractivity contribution in [3.05, 3.63) is 40.3 Å². The van der Waals surface area contributed by atoms with E-state index in [1.54, 1.807) is 56.3 Å². The summed E-state index contributed by atoms with van der Waals surface area (Å²) in [6.45, 7) is 10.8. The van der Waals surface area contributed by atoms with Gasteiger partial charge in [0.15, 0.2) is 0 Å². The number of carbonyl (C=O) groups excluding carboxylic acids is 3. The second-order valence-electron chi connectivity index (χ2n) is 9.12. The number of nitrogens with zero attached hydrogens (tertiary/aromatic N) is 3. The van der Waals surface area contributed by atoms with Crippen LogP contribution in [0, 0.1) is 19.7 Å². The van der Waals surface area contributed by atoms with Gasteiger partial charge in [-0.1, -0.05) is 0 Å². The summed E-state index contributed by atoms with van der Waals surface area (Å²) in [5.41, 5.74) is 2.18. The van der Waals surface area contributed by atoms with Gasteiger partial charge in [-0.3, -0.25) is 5.32 Å². The van der Waals surface area contributed by atoms with Crippen LogP contribution in [0.2, 0.25) is 0 Å². The molecule has 0 spiro atoms. The molecule has 0 bridgehead atoms. The highest BCUT2D eigenvalue weighted by Gasteiger charge is 2.36. The third kappa shape index (κ3) is 5.15. The number of nitrogens with one attached hydrogen (secondary N) is 2. The van der Waals surface area contributed by atoms with E-state index in [-0.39, 0.29) is 12.4 Å².